The van der Waals surface area contributed by atoms with Crippen molar-refractivity contribution in [3.05, 3.63) is 12.2 Å². The van der Waals surface area contributed by atoms with E-state index in [4.69, 9.17) is 4.74 Å². The molecular weight excluding hydrogens is 236 g/mol. The van der Waals surface area contributed by atoms with Crippen molar-refractivity contribution in [3.63, 3.8) is 0 Å². The lowest BCUT2D eigenvalue weighted by Crippen LogP contribution is -2.19. The molecule has 1 aliphatic rings. The van der Waals surface area contributed by atoms with Crippen molar-refractivity contribution in [2.24, 2.45) is 0 Å². The summed E-state index contributed by atoms with van der Waals surface area (Å²) in [5.41, 5.74) is 0.603. The lowest BCUT2D eigenvalue weighted by molar-refractivity contribution is -0.145. The Hall–Kier alpha value is -0.790. The van der Waals surface area contributed by atoms with Crippen molar-refractivity contribution in [2.75, 3.05) is 0 Å². The summed E-state index contributed by atoms with van der Waals surface area (Å²) in [6, 6.07) is 0. The molecule has 0 heterocycles. The van der Waals surface area contributed by atoms with Gasteiger partial charge in [0.15, 0.2) is 0 Å². The zero-order valence-corrected chi connectivity index (χ0v) is 12.6. The smallest absolute Gasteiger partial charge is 0.333 e. The van der Waals surface area contributed by atoms with Crippen LogP contribution in [-0.2, 0) is 9.53 Å². The molecule has 19 heavy (non-hydrogen) atoms. The van der Waals surface area contributed by atoms with Gasteiger partial charge in [0.1, 0.15) is 6.10 Å². The van der Waals surface area contributed by atoms with E-state index in [2.05, 4.69) is 6.58 Å². The fourth-order valence-electron chi connectivity index (χ4n) is 2.62. The highest BCUT2D eigenvalue weighted by atomic mass is 16.5. The summed E-state index contributed by atoms with van der Waals surface area (Å²) < 4.78 is 5.61. The van der Waals surface area contributed by atoms with Gasteiger partial charge < -0.3 is 4.74 Å². The van der Waals surface area contributed by atoms with Crippen LogP contribution in [0, 0.1) is 0 Å². The summed E-state index contributed by atoms with van der Waals surface area (Å²) in [7, 11) is 0. The van der Waals surface area contributed by atoms with Gasteiger partial charge in [-0.15, -0.1) is 0 Å². The Morgan fingerprint density at radius 1 is 0.947 bits per heavy atom. The van der Waals surface area contributed by atoms with Gasteiger partial charge in [0.05, 0.1) is 0 Å². The molecule has 1 rings (SSSR count). The van der Waals surface area contributed by atoms with Crippen molar-refractivity contribution in [2.45, 2.75) is 90.1 Å². The topological polar surface area (TPSA) is 26.3 Å². The van der Waals surface area contributed by atoms with Crippen LogP contribution >= 0.6 is 0 Å². The molecule has 1 saturated carbocycles. The maximum atomic E-state index is 11.8. The number of ether oxygens (including phenoxy) is 1. The molecule has 0 amide bonds. The van der Waals surface area contributed by atoms with Crippen molar-refractivity contribution in [1.29, 1.82) is 0 Å². The number of rotatable bonds is 3. The van der Waals surface area contributed by atoms with Gasteiger partial charge in [0.2, 0.25) is 0 Å². The second-order valence-electron chi connectivity index (χ2n) is 5.74. The molecule has 0 unspecified atom stereocenters. The molecular formula is C17H30O2. The van der Waals surface area contributed by atoms with E-state index < -0.39 is 0 Å². The molecule has 0 bridgehead atoms. The minimum absolute atomic E-state index is 0.121. The normalized spacial score (nSPS) is 20.1. The first-order valence-electron chi connectivity index (χ1n) is 8.12. The largest absolute Gasteiger partial charge is 0.459 e. The first-order chi connectivity index (χ1) is 9.24. The summed E-state index contributed by atoms with van der Waals surface area (Å²) in [5, 5.41) is 0. The Kier molecular flexibility index (Phi) is 8.61. The number of esters is 1. The van der Waals surface area contributed by atoms with E-state index in [-0.39, 0.29) is 12.1 Å². The second-order valence-corrected chi connectivity index (χ2v) is 5.74. The third-order valence-corrected chi connectivity index (χ3v) is 4.04. The highest BCUT2D eigenvalue weighted by Crippen LogP contribution is 2.19. The second kappa shape index (κ2) is 10.1. The van der Waals surface area contributed by atoms with Gasteiger partial charge in [-0.25, -0.2) is 4.79 Å². The summed E-state index contributed by atoms with van der Waals surface area (Å²) in [4.78, 5) is 11.8. The van der Waals surface area contributed by atoms with Gasteiger partial charge in [-0.3, -0.25) is 0 Å². The highest BCUT2D eigenvalue weighted by Gasteiger charge is 2.15. The van der Waals surface area contributed by atoms with Crippen LogP contribution in [0.2, 0.25) is 0 Å². The Morgan fingerprint density at radius 3 is 1.79 bits per heavy atom. The van der Waals surface area contributed by atoms with Crippen LogP contribution in [0.3, 0.4) is 0 Å². The van der Waals surface area contributed by atoms with Crippen LogP contribution in [0.4, 0.5) is 0 Å². The molecule has 0 atom stereocenters. The van der Waals surface area contributed by atoms with Gasteiger partial charge >= 0.3 is 5.97 Å². The highest BCUT2D eigenvalue weighted by molar-refractivity contribution is 5.87. The Bertz CT molecular complexity index is 258. The molecule has 0 aliphatic heterocycles. The average molecular weight is 266 g/mol. The minimum atomic E-state index is -0.181. The van der Waals surface area contributed by atoms with E-state index >= 15 is 0 Å². The molecule has 0 aromatic rings. The van der Waals surface area contributed by atoms with Crippen LogP contribution in [0.15, 0.2) is 12.2 Å². The molecule has 0 aromatic heterocycles. The lowest BCUT2D eigenvalue weighted by Gasteiger charge is -2.19. The van der Waals surface area contributed by atoms with Crippen molar-refractivity contribution < 1.29 is 9.53 Å². The maximum Gasteiger partial charge on any atom is 0.333 e. The summed E-state index contributed by atoms with van der Waals surface area (Å²) in [6.45, 7) is 5.72. The first-order valence-corrected chi connectivity index (χ1v) is 8.12. The number of hydrogen-bond acceptors (Lipinski definition) is 2. The van der Waals surface area contributed by atoms with Crippen LogP contribution < -0.4 is 0 Å². The van der Waals surface area contributed by atoms with E-state index in [0.29, 0.717) is 12.0 Å². The van der Waals surface area contributed by atoms with Gasteiger partial charge in [-0.2, -0.15) is 0 Å². The number of carbonyl (C=O) groups excluding carboxylic acids is 1. The first kappa shape index (κ1) is 16.3. The number of hydrogen-bond donors (Lipinski definition) is 0. The third kappa shape index (κ3) is 7.39. The summed E-state index contributed by atoms with van der Waals surface area (Å²) >= 11 is 0. The van der Waals surface area contributed by atoms with Gasteiger partial charge in [-0.05, 0) is 32.1 Å². The van der Waals surface area contributed by atoms with Crippen LogP contribution in [0.25, 0.3) is 0 Å². The zero-order chi connectivity index (χ0) is 13.9. The number of carbonyl (C=O) groups is 1. The molecule has 0 spiro atoms. The zero-order valence-electron chi connectivity index (χ0n) is 12.6. The summed E-state index contributed by atoms with van der Waals surface area (Å²) in [6.07, 6.45) is 14.6. The quantitative estimate of drug-likeness (QED) is 0.520. The molecule has 0 N–H and O–H groups in total. The Balaban J connectivity index is 2.38. The van der Waals surface area contributed by atoms with E-state index in [1.54, 1.807) is 0 Å². The van der Waals surface area contributed by atoms with E-state index in [0.717, 1.165) is 12.8 Å². The molecule has 0 saturated heterocycles. The van der Waals surface area contributed by atoms with Crippen LogP contribution in [0.5, 0.6) is 0 Å². The maximum absolute atomic E-state index is 11.8. The van der Waals surface area contributed by atoms with Gasteiger partial charge in [0.25, 0.3) is 0 Å². The van der Waals surface area contributed by atoms with Crippen molar-refractivity contribution >= 4 is 5.97 Å². The van der Waals surface area contributed by atoms with Gasteiger partial charge in [0, 0.05) is 5.57 Å². The van der Waals surface area contributed by atoms with Gasteiger partial charge in [-0.1, -0.05) is 58.4 Å². The standard InChI is InChI=1S/C17H30O2/c1-3-15(2)17(18)19-16-13-11-9-7-5-4-6-8-10-12-14-16/h16H,2-14H2,1H3. The molecule has 1 aliphatic carbocycles. The van der Waals surface area contributed by atoms with E-state index in [9.17, 15) is 4.79 Å². The Morgan fingerprint density at radius 2 is 1.37 bits per heavy atom. The van der Waals surface area contributed by atoms with Crippen molar-refractivity contribution in [3.8, 4) is 0 Å². The molecule has 2 heteroatoms. The fraction of sp³-hybridized carbons (Fsp3) is 0.824. The Labute approximate surface area is 118 Å². The third-order valence-electron chi connectivity index (χ3n) is 4.04. The predicted octanol–water partition coefficient (Wildman–Crippen LogP) is 5.17. The SMILES string of the molecule is C=C(CC)C(=O)OC1CCCCCCCCCCC1. The lowest BCUT2D eigenvalue weighted by atomic mass is 9.99. The predicted molar refractivity (Wildman–Crippen MR) is 80.1 cm³/mol. The summed E-state index contributed by atoms with van der Waals surface area (Å²) in [5.74, 6) is -0.181. The van der Waals surface area contributed by atoms with E-state index in [1.165, 1.54) is 57.8 Å². The molecule has 0 aromatic carbocycles. The molecule has 110 valence electrons. The molecule has 1 fully saturated rings. The average Bonchev–Trinajstić information content (AvgIpc) is 2.40. The fourth-order valence-corrected chi connectivity index (χ4v) is 2.62. The van der Waals surface area contributed by atoms with Crippen LogP contribution in [0.1, 0.15) is 84.0 Å². The van der Waals surface area contributed by atoms with Crippen molar-refractivity contribution in [1.82, 2.24) is 0 Å². The van der Waals surface area contributed by atoms with E-state index in [1.807, 2.05) is 6.92 Å². The minimum Gasteiger partial charge on any atom is -0.459 e. The monoisotopic (exact) mass is 266 g/mol. The molecule has 0 radical (unpaired) electrons. The molecule has 2 nitrogen and oxygen atoms in total. The van der Waals surface area contributed by atoms with Crippen LogP contribution in [-0.4, -0.2) is 12.1 Å².